The first kappa shape index (κ1) is 22.5. The molecule has 2 unspecified atom stereocenters. The fourth-order valence-electron chi connectivity index (χ4n) is 3.83. The van der Waals surface area contributed by atoms with Crippen LogP contribution in [0.25, 0.3) is 0 Å². The molecule has 0 aliphatic carbocycles. The van der Waals surface area contributed by atoms with Crippen LogP contribution in [-0.2, 0) is 11.2 Å². The summed E-state index contributed by atoms with van der Waals surface area (Å²) in [5.41, 5.74) is 0. The topological polar surface area (TPSA) is 62.0 Å². The molecule has 2 N–H and O–H groups in total. The lowest BCUT2D eigenvalue weighted by Crippen LogP contribution is -2.44. The Hall–Kier alpha value is -0.800. The van der Waals surface area contributed by atoms with Crippen molar-refractivity contribution >= 4 is 29.9 Å². The molecule has 2 aliphatic rings. The van der Waals surface area contributed by atoms with Crippen LogP contribution < -0.4 is 10.6 Å². The monoisotopic (exact) mass is 490 g/mol. The molecule has 2 saturated heterocycles. The zero-order chi connectivity index (χ0) is 18.0. The molecule has 0 aromatic carbocycles. The van der Waals surface area contributed by atoms with Gasteiger partial charge in [-0.25, -0.2) is 0 Å². The molecular weight excluding hydrogens is 455 g/mol. The predicted molar refractivity (Wildman–Crippen MR) is 120 cm³/mol. The van der Waals surface area contributed by atoms with E-state index in [1.54, 1.807) is 6.26 Å². The van der Waals surface area contributed by atoms with Crippen LogP contribution in [0.5, 0.6) is 0 Å². The van der Waals surface area contributed by atoms with Gasteiger partial charge in [-0.05, 0) is 57.3 Å². The van der Waals surface area contributed by atoms with Crippen LogP contribution >= 0.6 is 24.0 Å². The second-order valence-corrected chi connectivity index (χ2v) is 7.24. The lowest BCUT2D eigenvalue weighted by molar-refractivity contribution is 0.0194. The SMILES string of the molecule is CCN1CCCC1CN=C(NCCc1ccco1)NCC1CCCCO1.I. The van der Waals surface area contributed by atoms with Crippen molar-refractivity contribution in [2.45, 2.75) is 57.6 Å². The molecule has 2 fully saturated rings. The zero-order valence-corrected chi connectivity index (χ0v) is 18.8. The molecule has 1 aromatic rings. The number of hydrogen-bond acceptors (Lipinski definition) is 4. The number of likely N-dealkylation sites (N-methyl/N-ethyl adjacent to an activating group) is 1. The van der Waals surface area contributed by atoms with Gasteiger partial charge >= 0.3 is 0 Å². The number of likely N-dealkylation sites (tertiary alicyclic amines) is 1. The Bertz CT molecular complexity index is 532. The van der Waals surface area contributed by atoms with E-state index in [0.717, 1.165) is 57.3 Å². The van der Waals surface area contributed by atoms with Gasteiger partial charge in [0.25, 0.3) is 0 Å². The van der Waals surface area contributed by atoms with Crippen molar-refractivity contribution in [1.82, 2.24) is 15.5 Å². The van der Waals surface area contributed by atoms with Crippen molar-refractivity contribution in [3.63, 3.8) is 0 Å². The van der Waals surface area contributed by atoms with Crippen molar-refractivity contribution in [2.75, 3.05) is 39.3 Å². The van der Waals surface area contributed by atoms with Gasteiger partial charge in [0, 0.05) is 32.2 Å². The zero-order valence-electron chi connectivity index (χ0n) is 16.5. The number of furan rings is 1. The van der Waals surface area contributed by atoms with Crippen LogP contribution in [0, 0.1) is 0 Å². The molecular formula is C20H35IN4O2. The summed E-state index contributed by atoms with van der Waals surface area (Å²) in [6.45, 7) is 7.95. The molecule has 154 valence electrons. The summed E-state index contributed by atoms with van der Waals surface area (Å²) in [6.07, 6.45) is 9.02. The van der Waals surface area contributed by atoms with Crippen molar-refractivity contribution < 1.29 is 9.15 Å². The standard InChI is InChI=1S/C20H34N4O2.HI/c1-2-24-12-5-7-17(24)15-22-20(21-11-10-18-9-6-14-25-18)23-16-19-8-3-4-13-26-19;/h6,9,14,17,19H,2-5,7-8,10-13,15-16H2,1H3,(H2,21,22,23);1H. The average Bonchev–Trinajstić information content (AvgIpc) is 3.35. The van der Waals surface area contributed by atoms with E-state index in [4.69, 9.17) is 14.1 Å². The molecule has 6 nitrogen and oxygen atoms in total. The van der Waals surface area contributed by atoms with Crippen LogP contribution in [0.15, 0.2) is 27.8 Å². The highest BCUT2D eigenvalue weighted by Crippen LogP contribution is 2.16. The molecule has 7 heteroatoms. The Kier molecular flexibility index (Phi) is 10.5. The van der Waals surface area contributed by atoms with Gasteiger partial charge in [-0.2, -0.15) is 0 Å². The third-order valence-corrected chi connectivity index (χ3v) is 5.38. The summed E-state index contributed by atoms with van der Waals surface area (Å²) in [5.74, 6) is 1.90. The maximum Gasteiger partial charge on any atom is 0.191 e. The van der Waals surface area contributed by atoms with Gasteiger partial charge in [0.1, 0.15) is 5.76 Å². The van der Waals surface area contributed by atoms with E-state index in [1.807, 2.05) is 12.1 Å². The normalized spacial score (nSPS) is 23.8. The lowest BCUT2D eigenvalue weighted by atomic mass is 10.1. The quantitative estimate of drug-likeness (QED) is 0.333. The summed E-state index contributed by atoms with van der Waals surface area (Å²) in [7, 11) is 0. The summed E-state index contributed by atoms with van der Waals surface area (Å²) in [5, 5.41) is 6.95. The van der Waals surface area contributed by atoms with Gasteiger partial charge in [-0.1, -0.05) is 6.92 Å². The minimum absolute atomic E-state index is 0. The van der Waals surface area contributed by atoms with Crippen LogP contribution in [0.3, 0.4) is 0 Å². The van der Waals surface area contributed by atoms with Crippen LogP contribution in [-0.4, -0.2) is 62.3 Å². The first-order valence-electron chi connectivity index (χ1n) is 10.3. The molecule has 0 saturated carbocycles. The lowest BCUT2D eigenvalue weighted by Gasteiger charge is -2.24. The van der Waals surface area contributed by atoms with Crippen LogP contribution in [0.4, 0.5) is 0 Å². The van der Waals surface area contributed by atoms with Crippen molar-refractivity contribution in [2.24, 2.45) is 4.99 Å². The van der Waals surface area contributed by atoms with E-state index < -0.39 is 0 Å². The summed E-state index contributed by atoms with van der Waals surface area (Å²) >= 11 is 0. The molecule has 0 bridgehead atoms. The minimum Gasteiger partial charge on any atom is -0.469 e. The van der Waals surface area contributed by atoms with E-state index in [2.05, 4.69) is 22.5 Å². The largest absolute Gasteiger partial charge is 0.469 e. The summed E-state index contributed by atoms with van der Waals surface area (Å²) in [4.78, 5) is 7.41. The van der Waals surface area contributed by atoms with Crippen molar-refractivity contribution in [1.29, 1.82) is 0 Å². The highest BCUT2D eigenvalue weighted by Gasteiger charge is 2.22. The number of hydrogen-bond donors (Lipinski definition) is 2. The highest BCUT2D eigenvalue weighted by molar-refractivity contribution is 14.0. The Morgan fingerprint density at radius 1 is 1.26 bits per heavy atom. The first-order valence-corrected chi connectivity index (χ1v) is 10.3. The minimum atomic E-state index is 0. The third kappa shape index (κ3) is 7.62. The molecule has 0 spiro atoms. The number of aliphatic imine (C=N–C) groups is 1. The third-order valence-electron chi connectivity index (χ3n) is 5.38. The second kappa shape index (κ2) is 12.6. The summed E-state index contributed by atoms with van der Waals surface area (Å²) < 4.78 is 11.2. The number of guanidine groups is 1. The molecule has 2 aliphatic heterocycles. The van der Waals surface area contributed by atoms with Gasteiger partial charge in [0.15, 0.2) is 5.96 Å². The first-order chi connectivity index (χ1) is 12.8. The Balaban J connectivity index is 0.00000261. The number of nitrogens with one attached hydrogen (secondary N) is 2. The van der Waals surface area contributed by atoms with Crippen LogP contribution in [0.2, 0.25) is 0 Å². The predicted octanol–water partition coefficient (Wildman–Crippen LogP) is 3.03. The Labute approximate surface area is 180 Å². The molecule has 1 aromatic heterocycles. The van der Waals surface area contributed by atoms with E-state index >= 15 is 0 Å². The number of rotatable bonds is 8. The Morgan fingerprint density at radius 3 is 2.93 bits per heavy atom. The molecule has 27 heavy (non-hydrogen) atoms. The van der Waals surface area contributed by atoms with Crippen molar-refractivity contribution in [3.05, 3.63) is 24.2 Å². The molecule has 3 heterocycles. The maximum atomic E-state index is 5.84. The maximum absolute atomic E-state index is 5.84. The average molecular weight is 490 g/mol. The van der Waals surface area contributed by atoms with E-state index in [9.17, 15) is 0 Å². The molecule has 3 rings (SSSR count). The smallest absolute Gasteiger partial charge is 0.191 e. The van der Waals surface area contributed by atoms with E-state index in [0.29, 0.717) is 12.1 Å². The van der Waals surface area contributed by atoms with E-state index in [-0.39, 0.29) is 24.0 Å². The molecule has 2 atom stereocenters. The van der Waals surface area contributed by atoms with Gasteiger partial charge in [0.2, 0.25) is 0 Å². The highest BCUT2D eigenvalue weighted by atomic mass is 127. The van der Waals surface area contributed by atoms with Gasteiger partial charge in [-0.15, -0.1) is 24.0 Å². The van der Waals surface area contributed by atoms with Crippen molar-refractivity contribution in [3.8, 4) is 0 Å². The molecule has 0 radical (unpaired) electrons. The van der Waals surface area contributed by atoms with E-state index in [1.165, 1.54) is 32.2 Å². The second-order valence-electron chi connectivity index (χ2n) is 7.24. The fraction of sp³-hybridized carbons (Fsp3) is 0.750. The number of ether oxygens (including phenoxy) is 1. The van der Waals surface area contributed by atoms with Gasteiger partial charge < -0.3 is 19.8 Å². The Morgan fingerprint density at radius 2 is 2.19 bits per heavy atom. The number of halogens is 1. The van der Waals surface area contributed by atoms with Crippen LogP contribution in [0.1, 0.15) is 44.8 Å². The summed E-state index contributed by atoms with van der Waals surface area (Å²) in [6, 6.07) is 4.52. The fourth-order valence-corrected chi connectivity index (χ4v) is 3.83. The number of nitrogens with zero attached hydrogens (tertiary/aromatic N) is 2. The van der Waals surface area contributed by atoms with Gasteiger partial charge in [0.05, 0.1) is 18.9 Å². The molecule has 0 amide bonds. The van der Waals surface area contributed by atoms with Gasteiger partial charge in [-0.3, -0.25) is 9.89 Å².